The standard InChI is InChI=1S/C20H24N2O5S/c1-26-9-10-28(24,25)15-16-4-5-18-13-22(8-6-17(18)11-16)20(23)14-27-19-3-2-7-21-12-19/h2-5,7,11-12H,6,8-10,13-15H2,1H3. The van der Waals surface area contributed by atoms with E-state index in [1.807, 2.05) is 18.2 Å². The Kier molecular flexibility index (Phi) is 6.64. The van der Waals surface area contributed by atoms with Crippen molar-refractivity contribution in [3.05, 3.63) is 59.4 Å². The van der Waals surface area contributed by atoms with Gasteiger partial charge in [-0.15, -0.1) is 0 Å². The summed E-state index contributed by atoms with van der Waals surface area (Å²) in [5, 5.41) is 0. The van der Waals surface area contributed by atoms with E-state index < -0.39 is 9.84 Å². The first-order valence-electron chi connectivity index (χ1n) is 9.07. The van der Waals surface area contributed by atoms with Crippen molar-refractivity contribution in [2.24, 2.45) is 0 Å². The summed E-state index contributed by atoms with van der Waals surface area (Å²) >= 11 is 0. The van der Waals surface area contributed by atoms with Gasteiger partial charge >= 0.3 is 0 Å². The van der Waals surface area contributed by atoms with Gasteiger partial charge in [0.2, 0.25) is 0 Å². The van der Waals surface area contributed by atoms with Gasteiger partial charge in [0.15, 0.2) is 16.4 Å². The summed E-state index contributed by atoms with van der Waals surface area (Å²) in [5.74, 6) is 0.499. The SMILES string of the molecule is COCCS(=O)(=O)Cc1ccc2c(c1)CCN(C(=O)COc1cccnc1)C2. The lowest BCUT2D eigenvalue weighted by atomic mass is 9.97. The lowest BCUT2D eigenvalue weighted by Crippen LogP contribution is -2.38. The molecule has 1 aliphatic heterocycles. The quantitative estimate of drug-likeness (QED) is 0.664. The zero-order valence-corrected chi connectivity index (χ0v) is 16.7. The Morgan fingerprint density at radius 3 is 2.86 bits per heavy atom. The molecule has 0 radical (unpaired) electrons. The third-order valence-electron chi connectivity index (χ3n) is 4.62. The van der Waals surface area contributed by atoms with E-state index in [4.69, 9.17) is 9.47 Å². The molecular formula is C20H24N2O5S. The summed E-state index contributed by atoms with van der Waals surface area (Å²) in [4.78, 5) is 18.1. The number of carbonyl (C=O) groups excluding carboxylic acids is 1. The molecular weight excluding hydrogens is 380 g/mol. The number of nitrogens with zero attached hydrogens (tertiary/aromatic N) is 2. The minimum atomic E-state index is -3.19. The van der Waals surface area contributed by atoms with Crippen LogP contribution in [0.3, 0.4) is 0 Å². The van der Waals surface area contributed by atoms with Crippen LogP contribution in [0, 0.1) is 0 Å². The van der Waals surface area contributed by atoms with E-state index in [9.17, 15) is 13.2 Å². The highest BCUT2D eigenvalue weighted by atomic mass is 32.2. The van der Waals surface area contributed by atoms with Crippen molar-refractivity contribution in [1.29, 1.82) is 0 Å². The lowest BCUT2D eigenvalue weighted by molar-refractivity contribution is -0.134. The van der Waals surface area contributed by atoms with Crippen LogP contribution in [0.25, 0.3) is 0 Å². The predicted octanol–water partition coefficient (Wildman–Crippen LogP) is 1.61. The second kappa shape index (κ2) is 9.16. The van der Waals surface area contributed by atoms with Crippen molar-refractivity contribution in [2.75, 3.05) is 32.6 Å². The fourth-order valence-corrected chi connectivity index (χ4v) is 4.37. The Bertz CT molecular complexity index is 915. The molecule has 0 bridgehead atoms. The molecule has 0 spiro atoms. The van der Waals surface area contributed by atoms with Gasteiger partial charge in [0, 0.05) is 26.4 Å². The number of hydrogen-bond donors (Lipinski definition) is 0. The van der Waals surface area contributed by atoms with E-state index >= 15 is 0 Å². The van der Waals surface area contributed by atoms with Crippen LogP contribution in [0.2, 0.25) is 0 Å². The predicted molar refractivity (Wildman–Crippen MR) is 105 cm³/mol. The van der Waals surface area contributed by atoms with Gasteiger partial charge in [-0.1, -0.05) is 18.2 Å². The highest BCUT2D eigenvalue weighted by Gasteiger charge is 2.22. The molecule has 0 N–H and O–H groups in total. The molecule has 1 aromatic carbocycles. The summed E-state index contributed by atoms with van der Waals surface area (Å²) in [7, 11) is -1.70. The highest BCUT2D eigenvalue weighted by molar-refractivity contribution is 7.90. The Labute approximate surface area is 165 Å². The summed E-state index contributed by atoms with van der Waals surface area (Å²) in [6, 6.07) is 9.19. The van der Waals surface area contributed by atoms with Crippen molar-refractivity contribution in [2.45, 2.75) is 18.7 Å². The lowest BCUT2D eigenvalue weighted by Gasteiger charge is -2.29. The molecule has 1 aromatic heterocycles. The van der Waals surface area contributed by atoms with Crippen molar-refractivity contribution < 1.29 is 22.7 Å². The molecule has 0 saturated heterocycles. The van der Waals surface area contributed by atoms with E-state index in [1.54, 1.807) is 29.4 Å². The topological polar surface area (TPSA) is 85.8 Å². The van der Waals surface area contributed by atoms with Crippen molar-refractivity contribution in [3.8, 4) is 5.75 Å². The molecule has 1 amide bonds. The van der Waals surface area contributed by atoms with E-state index in [0.717, 1.165) is 16.7 Å². The van der Waals surface area contributed by atoms with Gasteiger partial charge in [-0.2, -0.15) is 0 Å². The van der Waals surface area contributed by atoms with Crippen molar-refractivity contribution >= 4 is 15.7 Å². The van der Waals surface area contributed by atoms with Crippen LogP contribution in [0.15, 0.2) is 42.7 Å². The van der Waals surface area contributed by atoms with Gasteiger partial charge in [0.1, 0.15) is 5.75 Å². The molecule has 0 atom stereocenters. The molecule has 8 heteroatoms. The first-order chi connectivity index (χ1) is 13.5. The second-order valence-corrected chi connectivity index (χ2v) is 8.91. The number of methoxy groups -OCH3 is 1. The third-order valence-corrected chi connectivity index (χ3v) is 6.18. The number of sulfone groups is 1. The van der Waals surface area contributed by atoms with Crippen LogP contribution in [-0.4, -0.2) is 56.8 Å². The van der Waals surface area contributed by atoms with Crippen LogP contribution < -0.4 is 4.74 Å². The monoisotopic (exact) mass is 404 g/mol. The zero-order chi connectivity index (χ0) is 20.0. The second-order valence-electron chi connectivity index (χ2n) is 6.73. The minimum Gasteiger partial charge on any atom is -0.482 e. The number of amides is 1. The average Bonchev–Trinajstić information content (AvgIpc) is 2.70. The summed E-state index contributed by atoms with van der Waals surface area (Å²) < 4.78 is 34.6. The van der Waals surface area contributed by atoms with Crippen LogP contribution in [0.5, 0.6) is 5.75 Å². The van der Waals surface area contributed by atoms with E-state index in [1.165, 1.54) is 7.11 Å². The van der Waals surface area contributed by atoms with Crippen LogP contribution in [0.4, 0.5) is 0 Å². The molecule has 2 aromatic rings. The zero-order valence-electron chi connectivity index (χ0n) is 15.8. The number of rotatable bonds is 8. The van der Waals surface area contributed by atoms with Crippen LogP contribution in [0.1, 0.15) is 16.7 Å². The normalized spacial score (nSPS) is 13.8. The molecule has 3 rings (SSSR count). The minimum absolute atomic E-state index is 0.00519. The molecule has 0 fully saturated rings. The van der Waals surface area contributed by atoms with Gasteiger partial charge in [-0.3, -0.25) is 9.78 Å². The van der Waals surface area contributed by atoms with Gasteiger partial charge in [-0.05, 0) is 35.2 Å². The molecule has 1 aliphatic rings. The van der Waals surface area contributed by atoms with E-state index in [-0.39, 0.29) is 30.6 Å². The number of aromatic nitrogens is 1. The van der Waals surface area contributed by atoms with E-state index in [0.29, 0.717) is 25.3 Å². The average molecular weight is 404 g/mol. The Morgan fingerprint density at radius 2 is 2.11 bits per heavy atom. The third kappa shape index (κ3) is 5.53. The maximum absolute atomic E-state index is 12.4. The number of pyridine rings is 1. The Morgan fingerprint density at radius 1 is 1.25 bits per heavy atom. The number of carbonyl (C=O) groups is 1. The van der Waals surface area contributed by atoms with Gasteiger partial charge in [0.25, 0.3) is 5.91 Å². The molecule has 7 nitrogen and oxygen atoms in total. The smallest absolute Gasteiger partial charge is 0.260 e. The fraction of sp³-hybridized carbons (Fsp3) is 0.400. The van der Waals surface area contributed by atoms with Crippen molar-refractivity contribution in [1.82, 2.24) is 9.88 Å². The fourth-order valence-electron chi connectivity index (χ4n) is 3.11. The highest BCUT2D eigenvalue weighted by Crippen LogP contribution is 2.22. The first kappa shape index (κ1) is 20.3. The van der Waals surface area contributed by atoms with E-state index in [2.05, 4.69) is 4.98 Å². The van der Waals surface area contributed by atoms with Gasteiger partial charge in [0.05, 0.1) is 24.3 Å². The largest absolute Gasteiger partial charge is 0.482 e. The van der Waals surface area contributed by atoms with Crippen molar-refractivity contribution in [3.63, 3.8) is 0 Å². The van der Waals surface area contributed by atoms with Crippen LogP contribution in [-0.2, 0) is 38.1 Å². The first-order valence-corrected chi connectivity index (χ1v) is 10.9. The molecule has 150 valence electrons. The Balaban J connectivity index is 1.58. The maximum atomic E-state index is 12.4. The number of fused-ring (bicyclic) bond motifs is 1. The van der Waals surface area contributed by atoms with Crippen LogP contribution >= 0.6 is 0 Å². The summed E-state index contributed by atoms with van der Waals surface area (Å²) in [6.45, 7) is 1.26. The van der Waals surface area contributed by atoms with Gasteiger partial charge < -0.3 is 14.4 Å². The number of hydrogen-bond acceptors (Lipinski definition) is 6. The molecule has 28 heavy (non-hydrogen) atoms. The summed E-state index contributed by atoms with van der Waals surface area (Å²) in [6.07, 6.45) is 3.91. The molecule has 0 saturated carbocycles. The van der Waals surface area contributed by atoms with Gasteiger partial charge in [-0.25, -0.2) is 8.42 Å². The maximum Gasteiger partial charge on any atom is 0.260 e. The molecule has 0 aliphatic carbocycles. The molecule has 0 unspecified atom stereocenters. The number of benzene rings is 1. The Hall–Kier alpha value is -2.45. The molecule has 2 heterocycles. The summed E-state index contributed by atoms with van der Waals surface area (Å²) in [5.41, 5.74) is 2.91. The number of ether oxygens (including phenoxy) is 2.